The molecule has 18 heavy (non-hydrogen) atoms. The molecule has 0 N–H and O–H groups in total. The van der Waals surface area contributed by atoms with Crippen LogP contribution in [0.2, 0.25) is 5.02 Å². The van der Waals surface area contributed by atoms with Gasteiger partial charge in [-0.25, -0.2) is 0 Å². The molecule has 1 aliphatic heterocycles. The summed E-state index contributed by atoms with van der Waals surface area (Å²) < 4.78 is 1.46. The highest BCUT2D eigenvalue weighted by Crippen LogP contribution is 2.31. The molecule has 1 nitrogen and oxygen atoms in total. The molecule has 0 saturated carbocycles. The fourth-order valence-corrected chi connectivity index (χ4v) is 3.98. The van der Waals surface area contributed by atoms with Crippen molar-refractivity contribution >= 4 is 39.3 Å². The van der Waals surface area contributed by atoms with Crippen molar-refractivity contribution in [1.82, 2.24) is 4.90 Å². The molecule has 0 unspecified atom stereocenters. The quantitative estimate of drug-likeness (QED) is 0.754. The third-order valence-electron chi connectivity index (χ3n) is 3.34. The van der Waals surface area contributed by atoms with Gasteiger partial charge in [0.1, 0.15) is 0 Å². The highest BCUT2D eigenvalue weighted by molar-refractivity contribution is 9.10. The van der Waals surface area contributed by atoms with Gasteiger partial charge in [-0.15, -0.1) is 0 Å². The minimum absolute atomic E-state index is 0.415. The Morgan fingerprint density at radius 2 is 2.17 bits per heavy atom. The van der Waals surface area contributed by atoms with Crippen molar-refractivity contribution < 1.29 is 0 Å². The van der Waals surface area contributed by atoms with Crippen molar-refractivity contribution in [2.45, 2.75) is 31.6 Å². The summed E-state index contributed by atoms with van der Waals surface area (Å²) in [6.45, 7) is 7.96. The van der Waals surface area contributed by atoms with E-state index in [9.17, 15) is 0 Å². The fourth-order valence-electron chi connectivity index (χ4n) is 2.11. The molecule has 0 amide bonds. The lowest BCUT2D eigenvalue weighted by molar-refractivity contribution is 0.276. The molecular formula is C14H19BrClNS. The van der Waals surface area contributed by atoms with Gasteiger partial charge in [0, 0.05) is 33.1 Å². The van der Waals surface area contributed by atoms with Crippen molar-refractivity contribution in [3.63, 3.8) is 0 Å². The lowest BCUT2D eigenvalue weighted by Gasteiger charge is -2.23. The van der Waals surface area contributed by atoms with Gasteiger partial charge in [-0.2, -0.15) is 11.8 Å². The van der Waals surface area contributed by atoms with Crippen LogP contribution in [0.5, 0.6) is 0 Å². The zero-order chi connectivity index (χ0) is 13.2. The normalized spacial score (nSPS) is 20.7. The first-order chi connectivity index (χ1) is 8.46. The van der Waals surface area contributed by atoms with Crippen LogP contribution in [0.1, 0.15) is 25.8 Å². The zero-order valence-electron chi connectivity index (χ0n) is 10.9. The molecule has 0 atom stereocenters. The van der Waals surface area contributed by atoms with Gasteiger partial charge in [0.2, 0.25) is 0 Å². The second-order valence-corrected chi connectivity index (χ2v) is 8.50. The lowest BCUT2D eigenvalue weighted by atomic mass is 10.1. The third kappa shape index (κ3) is 4.16. The average Bonchev–Trinajstić information content (AvgIpc) is 2.44. The summed E-state index contributed by atoms with van der Waals surface area (Å²) in [5.74, 6) is 1.21. The Morgan fingerprint density at radius 1 is 1.39 bits per heavy atom. The van der Waals surface area contributed by atoms with Crippen molar-refractivity contribution in [3.05, 3.63) is 33.3 Å². The Hall–Kier alpha value is 0.300. The highest BCUT2D eigenvalue weighted by Gasteiger charge is 2.23. The number of hydrogen-bond donors (Lipinski definition) is 0. The molecule has 0 aliphatic carbocycles. The minimum atomic E-state index is 0.415. The van der Waals surface area contributed by atoms with Gasteiger partial charge in [-0.05, 0) is 30.7 Å². The van der Waals surface area contributed by atoms with Gasteiger partial charge in [0.15, 0.2) is 0 Å². The highest BCUT2D eigenvalue weighted by atomic mass is 79.9. The number of hydrogen-bond acceptors (Lipinski definition) is 2. The van der Waals surface area contributed by atoms with Crippen molar-refractivity contribution in [2.24, 2.45) is 0 Å². The molecule has 0 radical (unpaired) electrons. The Labute approximate surface area is 127 Å². The molecule has 1 heterocycles. The third-order valence-corrected chi connectivity index (χ3v) is 5.56. The zero-order valence-corrected chi connectivity index (χ0v) is 14.0. The van der Waals surface area contributed by atoms with Crippen LogP contribution in [-0.2, 0) is 6.54 Å². The van der Waals surface area contributed by atoms with Crippen LogP contribution in [-0.4, -0.2) is 28.5 Å². The van der Waals surface area contributed by atoms with E-state index in [-0.39, 0.29) is 0 Å². The van der Waals surface area contributed by atoms with Gasteiger partial charge in [0.05, 0.1) is 0 Å². The van der Waals surface area contributed by atoms with Gasteiger partial charge in [0.25, 0.3) is 0 Å². The summed E-state index contributed by atoms with van der Waals surface area (Å²) in [6.07, 6.45) is 1.24. The monoisotopic (exact) mass is 347 g/mol. The number of thioether (sulfide) groups is 1. The van der Waals surface area contributed by atoms with Crippen molar-refractivity contribution in [2.75, 3.05) is 18.8 Å². The van der Waals surface area contributed by atoms with Crippen LogP contribution in [0.25, 0.3) is 0 Å². The standard InChI is InChI=1S/C14H19BrClNS/c1-14(2)5-6-17(7-8-18-14)10-11-3-4-12(15)9-13(11)16/h3-4,9H,5-8,10H2,1-2H3. The first kappa shape index (κ1) is 14.7. The number of benzene rings is 1. The molecule has 0 spiro atoms. The van der Waals surface area contributed by atoms with E-state index < -0.39 is 0 Å². The minimum Gasteiger partial charge on any atom is -0.298 e. The number of rotatable bonds is 2. The molecule has 1 fully saturated rings. The van der Waals surface area contributed by atoms with Crippen LogP contribution in [0.4, 0.5) is 0 Å². The SMILES string of the molecule is CC1(C)CCN(Cc2ccc(Br)cc2Cl)CCS1. The maximum absolute atomic E-state index is 6.28. The molecule has 0 aromatic heterocycles. The molecule has 1 aromatic rings. The molecule has 1 saturated heterocycles. The van der Waals surface area contributed by atoms with Crippen LogP contribution in [0.3, 0.4) is 0 Å². The molecular weight excluding hydrogens is 330 g/mol. The largest absolute Gasteiger partial charge is 0.298 e. The Kier molecular flexibility index (Phi) is 5.04. The fraction of sp³-hybridized carbons (Fsp3) is 0.571. The van der Waals surface area contributed by atoms with Crippen LogP contribution in [0, 0.1) is 0 Å². The maximum Gasteiger partial charge on any atom is 0.0462 e. The van der Waals surface area contributed by atoms with E-state index in [1.54, 1.807) is 0 Å². The Bertz CT molecular complexity index is 422. The van der Waals surface area contributed by atoms with Crippen LogP contribution in [0.15, 0.2) is 22.7 Å². The van der Waals surface area contributed by atoms with E-state index in [0.29, 0.717) is 4.75 Å². The molecule has 0 bridgehead atoms. The first-order valence-corrected chi connectivity index (χ1v) is 8.42. The second kappa shape index (κ2) is 6.17. The molecule has 1 aromatic carbocycles. The number of halogens is 2. The van der Waals surface area contributed by atoms with Crippen LogP contribution < -0.4 is 0 Å². The van der Waals surface area contributed by atoms with Crippen molar-refractivity contribution in [1.29, 1.82) is 0 Å². The van der Waals surface area contributed by atoms with E-state index in [1.165, 1.54) is 17.7 Å². The lowest BCUT2D eigenvalue weighted by Crippen LogP contribution is -2.26. The second-order valence-electron chi connectivity index (χ2n) is 5.37. The summed E-state index contributed by atoms with van der Waals surface area (Å²) in [6, 6.07) is 6.17. The molecule has 1 aliphatic rings. The van der Waals surface area contributed by atoms with Gasteiger partial charge >= 0.3 is 0 Å². The smallest absolute Gasteiger partial charge is 0.0462 e. The predicted molar refractivity (Wildman–Crippen MR) is 85.6 cm³/mol. The summed E-state index contributed by atoms with van der Waals surface area (Å²) >= 11 is 11.8. The van der Waals surface area contributed by atoms with E-state index in [0.717, 1.165) is 29.1 Å². The first-order valence-electron chi connectivity index (χ1n) is 6.26. The Morgan fingerprint density at radius 3 is 2.89 bits per heavy atom. The summed E-state index contributed by atoms with van der Waals surface area (Å²) in [5, 5.41) is 0.862. The molecule has 2 rings (SSSR count). The number of nitrogens with zero attached hydrogens (tertiary/aromatic N) is 1. The molecule has 100 valence electrons. The average molecular weight is 349 g/mol. The predicted octanol–water partition coefficient (Wildman–Crippen LogP) is 4.82. The van der Waals surface area contributed by atoms with Crippen LogP contribution >= 0.6 is 39.3 Å². The van der Waals surface area contributed by atoms with Gasteiger partial charge < -0.3 is 0 Å². The van der Waals surface area contributed by atoms with Gasteiger partial charge in [-0.3, -0.25) is 4.90 Å². The molecule has 4 heteroatoms. The van der Waals surface area contributed by atoms with E-state index in [2.05, 4.69) is 58.6 Å². The van der Waals surface area contributed by atoms with E-state index in [4.69, 9.17) is 11.6 Å². The van der Waals surface area contributed by atoms with Crippen molar-refractivity contribution in [3.8, 4) is 0 Å². The Balaban J connectivity index is 2.01. The summed E-state index contributed by atoms with van der Waals surface area (Å²) in [5.41, 5.74) is 1.23. The van der Waals surface area contributed by atoms with E-state index in [1.807, 2.05) is 6.07 Å². The topological polar surface area (TPSA) is 3.24 Å². The maximum atomic E-state index is 6.28. The summed E-state index contributed by atoms with van der Waals surface area (Å²) in [7, 11) is 0. The van der Waals surface area contributed by atoms with Gasteiger partial charge in [-0.1, -0.05) is 47.4 Å². The van der Waals surface area contributed by atoms with E-state index >= 15 is 0 Å². The summed E-state index contributed by atoms with van der Waals surface area (Å²) in [4.78, 5) is 2.51.